The molecular formula is C14H20ClNO4S. The number of halogens is 1. The van der Waals surface area contributed by atoms with Crippen LogP contribution >= 0.6 is 11.6 Å². The summed E-state index contributed by atoms with van der Waals surface area (Å²) < 4.78 is 27.1. The van der Waals surface area contributed by atoms with Gasteiger partial charge in [-0.2, -0.15) is 8.42 Å². The number of hydrogen-bond acceptors (Lipinski definition) is 4. The Morgan fingerprint density at radius 2 is 2.10 bits per heavy atom. The van der Waals surface area contributed by atoms with Crippen LogP contribution in [0.4, 0.5) is 0 Å². The van der Waals surface area contributed by atoms with Crippen LogP contribution in [-0.2, 0) is 21.5 Å². The van der Waals surface area contributed by atoms with Crippen LogP contribution < -0.4 is 4.18 Å². The molecule has 0 spiro atoms. The number of hydrogen-bond donors (Lipinski definition) is 0. The first-order valence-electron chi connectivity index (χ1n) is 6.60. The number of alkyl halides is 1. The third kappa shape index (κ3) is 5.93. The summed E-state index contributed by atoms with van der Waals surface area (Å²) in [4.78, 5) is 13.6. The first-order chi connectivity index (χ1) is 9.76. The lowest BCUT2D eigenvalue weighted by Crippen LogP contribution is -2.38. The zero-order valence-electron chi connectivity index (χ0n) is 12.4. The van der Waals surface area contributed by atoms with E-state index in [1.807, 2.05) is 19.9 Å². The van der Waals surface area contributed by atoms with Crippen molar-refractivity contribution in [1.29, 1.82) is 0 Å². The molecule has 1 atom stereocenters. The van der Waals surface area contributed by atoms with Gasteiger partial charge in [0.1, 0.15) is 11.6 Å². The van der Waals surface area contributed by atoms with Crippen LogP contribution in [0, 0.1) is 0 Å². The lowest BCUT2D eigenvalue weighted by Gasteiger charge is -2.28. The second kappa shape index (κ2) is 7.66. The lowest BCUT2D eigenvalue weighted by molar-refractivity contribution is -0.131. The third-order valence-corrected chi connectivity index (χ3v) is 3.78. The molecule has 0 bridgehead atoms. The fourth-order valence-electron chi connectivity index (χ4n) is 1.85. The van der Waals surface area contributed by atoms with Crippen molar-refractivity contribution in [3.8, 4) is 5.75 Å². The molecule has 1 amide bonds. The van der Waals surface area contributed by atoms with E-state index in [1.54, 1.807) is 23.1 Å². The maximum absolute atomic E-state index is 11.9. The van der Waals surface area contributed by atoms with Gasteiger partial charge in [0.15, 0.2) is 0 Å². The number of carbonyl (C=O) groups is 1. The van der Waals surface area contributed by atoms with Gasteiger partial charge in [0, 0.05) is 12.6 Å². The fraction of sp³-hybridized carbons (Fsp3) is 0.500. The fourth-order valence-corrected chi connectivity index (χ4v) is 2.46. The molecular weight excluding hydrogens is 314 g/mol. The second-order valence-electron chi connectivity index (χ2n) is 4.85. The molecule has 1 unspecified atom stereocenters. The molecule has 0 saturated carbocycles. The predicted octanol–water partition coefficient (Wildman–Crippen LogP) is 2.39. The molecule has 1 aromatic carbocycles. The molecule has 21 heavy (non-hydrogen) atoms. The molecule has 1 rings (SSSR count). The van der Waals surface area contributed by atoms with Crippen molar-refractivity contribution in [3.05, 3.63) is 29.8 Å². The first-order valence-corrected chi connectivity index (χ1v) is 8.95. The molecule has 1 aromatic rings. The Bertz CT molecular complexity index is 588. The monoisotopic (exact) mass is 333 g/mol. The Balaban J connectivity index is 2.94. The highest BCUT2D eigenvalue weighted by Crippen LogP contribution is 2.18. The van der Waals surface area contributed by atoms with Crippen LogP contribution in [0.15, 0.2) is 24.3 Å². The topological polar surface area (TPSA) is 63.7 Å². The van der Waals surface area contributed by atoms with E-state index in [2.05, 4.69) is 0 Å². The molecule has 0 aliphatic carbocycles. The van der Waals surface area contributed by atoms with Crippen LogP contribution in [0.2, 0.25) is 0 Å². The van der Waals surface area contributed by atoms with E-state index < -0.39 is 10.1 Å². The summed E-state index contributed by atoms with van der Waals surface area (Å²) in [7, 11) is -3.57. The van der Waals surface area contributed by atoms with E-state index >= 15 is 0 Å². The van der Waals surface area contributed by atoms with E-state index in [0.29, 0.717) is 6.54 Å². The zero-order valence-corrected chi connectivity index (χ0v) is 13.9. The Morgan fingerprint density at radius 1 is 1.43 bits per heavy atom. The molecule has 0 saturated heterocycles. The van der Waals surface area contributed by atoms with Gasteiger partial charge in [-0.25, -0.2) is 0 Å². The van der Waals surface area contributed by atoms with Crippen LogP contribution in [0.5, 0.6) is 5.75 Å². The van der Waals surface area contributed by atoms with E-state index in [9.17, 15) is 13.2 Å². The van der Waals surface area contributed by atoms with Gasteiger partial charge in [0.05, 0.1) is 6.26 Å². The third-order valence-electron chi connectivity index (χ3n) is 3.06. The van der Waals surface area contributed by atoms with Gasteiger partial charge in [-0.3, -0.25) is 4.79 Å². The molecule has 118 valence electrons. The number of carbonyl (C=O) groups excluding carboxylic acids is 1. The molecule has 7 heteroatoms. The molecule has 0 fully saturated rings. The smallest absolute Gasteiger partial charge is 0.306 e. The molecule has 0 aliphatic heterocycles. The Morgan fingerprint density at radius 3 is 2.62 bits per heavy atom. The highest BCUT2D eigenvalue weighted by molar-refractivity contribution is 7.86. The minimum Gasteiger partial charge on any atom is -0.383 e. The Labute approximate surface area is 131 Å². The van der Waals surface area contributed by atoms with Gasteiger partial charge in [0.25, 0.3) is 0 Å². The second-order valence-corrected chi connectivity index (χ2v) is 6.69. The van der Waals surface area contributed by atoms with Crippen LogP contribution in [0.3, 0.4) is 0 Å². The van der Waals surface area contributed by atoms with E-state index in [-0.39, 0.29) is 23.6 Å². The molecule has 5 nitrogen and oxygen atoms in total. The SMILES string of the molecule is CCC(C)N(Cc1cccc(OS(C)(=O)=O)c1)C(=O)CCl. The minimum absolute atomic E-state index is 0.0516. The summed E-state index contributed by atoms with van der Waals surface area (Å²) >= 11 is 5.64. The standard InChI is InChI=1S/C14H20ClNO4S/c1-4-11(2)16(14(17)9-15)10-12-6-5-7-13(8-12)20-21(3,18)19/h5-8,11H,4,9-10H2,1-3H3. The number of amides is 1. The van der Waals surface area contributed by atoms with Crippen molar-refractivity contribution >= 4 is 27.6 Å². The normalized spacial score (nSPS) is 12.8. The van der Waals surface area contributed by atoms with E-state index in [1.165, 1.54) is 0 Å². The summed E-state index contributed by atoms with van der Waals surface area (Å²) in [6.07, 6.45) is 1.80. The molecule has 0 N–H and O–H groups in total. The van der Waals surface area contributed by atoms with Crippen molar-refractivity contribution in [3.63, 3.8) is 0 Å². The van der Waals surface area contributed by atoms with E-state index in [0.717, 1.165) is 18.2 Å². The maximum atomic E-state index is 11.9. The number of nitrogens with zero attached hydrogens (tertiary/aromatic N) is 1. The number of rotatable bonds is 7. The van der Waals surface area contributed by atoms with Gasteiger partial charge in [-0.05, 0) is 31.0 Å². The molecule has 0 aromatic heterocycles. The summed E-state index contributed by atoms with van der Waals surface area (Å²) in [5.41, 5.74) is 0.787. The van der Waals surface area contributed by atoms with E-state index in [4.69, 9.17) is 15.8 Å². The van der Waals surface area contributed by atoms with Gasteiger partial charge >= 0.3 is 10.1 Å². The minimum atomic E-state index is -3.57. The maximum Gasteiger partial charge on any atom is 0.306 e. The highest BCUT2D eigenvalue weighted by Gasteiger charge is 2.18. The van der Waals surface area contributed by atoms with Gasteiger partial charge in [-0.1, -0.05) is 19.1 Å². The largest absolute Gasteiger partial charge is 0.383 e. The average molecular weight is 334 g/mol. The van der Waals surface area contributed by atoms with Crippen LogP contribution in [0.25, 0.3) is 0 Å². The quantitative estimate of drug-likeness (QED) is 0.567. The first kappa shape index (κ1) is 17.8. The summed E-state index contributed by atoms with van der Waals surface area (Å²) in [6, 6.07) is 6.72. The van der Waals surface area contributed by atoms with Crippen molar-refractivity contribution in [2.75, 3.05) is 12.1 Å². The zero-order chi connectivity index (χ0) is 16.0. The Kier molecular flexibility index (Phi) is 6.48. The predicted molar refractivity (Wildman–Crippen MR) is 82.9 cm³/mol. The van der Waals surface area contributed by atoms with Crippen molar-refractivity contribution in [1.82, 2.24) is 4.90 Å². The van der Waals surface area contributed by atoms with Gasteiger partial charge in [0.2, 0.25) is 5.91 Å². The van der Waals surface area contributed by atoms with Crippen molar-refractivity contribution < 1.29 is 17.4 Å². The Hall–Kier alpha value is -1.27. The van der Waals surface area contributed by atoms with Crippen LogP contribution in [-0.4, -0.2) is 37.4 Å². The van der Waals surface area contributed by atoms with Crippen molar-refractivity contribution in [2.45, 2.75) is 32.9 Å². The lowest BCUT2D eigenvalue weighted by atomic mass is 10.1. The van der Waals surface area contributed by atoms with Gasteiger partial charge < -0.3 is 9.08 Å². The number of benzene rings is 1. The summed E-state index contributed by atoms with van der Waals surface area (Å²) in [6.45, 7) is 4.30. The molecule has 0 aliphatic rings. The molecule has 0 heterocycles. The summed E-state index contributed by atoms with van der Waals surface area (Å²) in [5, 5.41) is 0. The average Bonchev–Trinajstić information content (AvgIpc) is 2.41. The van der Waals surface area contributed by atoms with Crippen LogP contribution in [0.1, 0.15) is 25.8 Å². The van der Waals surface area contributed by atoms with Gasteiger partial charge in [-0.15, -0.1) is 11.6 Å². The molecule has 0 radical (unpaired) electrons. The highest BCUT2D eigenvalue weighted by atomic mass is 35.5. The van der Waals surface area contributed by atoms with Crippen molar-refractivity contribution in [2.24, 2.45) is 0 Å². The summed E-state index contributed by atoms with van der Waals surface area (Å²) in [5.74, 6) is 0.00187.